The highest BCUT2D eigenvalue weighted by Gasteiger charge is 2.22. The molecule has 0 spiro atoms. The molecule has 1 atom stereocenters. The molecule has 0 bridgehead atoms. The second-order valence-corrected chi connectivity index (χ2v) is 4.48. The lowest BCUT2D eigenvalue weighted by Gasteiger charge is -2.14. The number of benzene rings is 1. The third kappa shape index (κ3) is 2.51. The van der Waals surface area contributed by atoms with E-state index in [-0.39, 0.29) is 11.9 Å². The van der Waals surface area contributed by atoms with Gasteiger partial charge in [-0.1, -0.05) is 6.07 Å². The average molecular weight is 247 g/mol. The fourth-order valence-corrected chi connectivity index (χ4v) is 2.17. The summed E-state index contributed by atoms with van der Waals surface area (Å²) in [7, 11) is 0. The van der Waals surface area contributed by atoms with Crippen molar-refractivity contribution in [2.45, 2.75) is 25.8 Å². The summed E-state index contributed by atoms with van der Waals surface area (Å²) >= 11 is 0. The minimum Gasteiger partial charge on any atom is -0.366 e. The standard InChI is InChI=1S/C13H17N3O2/c1-8-9(12(14)17)4-2-5-10(8)16-13(18)11-6-3-7-15-11/h2,4-5,11,15H,3,6-7H2,1H3,(H2,14,17)(H,16,18)/t11-/m0/s1. The van der Waals surface area contributed by atoms with E-state index < -0.39 is 5.91 Å². The summed E-state index contributed by atoms with van der Waals surface area (Å²) in [6, 6.07) is 5.00. The van der Waals surface area contributed by atoms with Gasteiger partial charge in [0.1, 0.15) is 0 Å². The summed E-state index contributed by atoms with van der Waals surface area (Å²) in [5.41, 5.74) is 7.06. The van der Waals surface area contributed by atoms with Gasteiger partial charge in [0.05, 0.1) is 6.04 Å². The highest BCUT2D eigenvalue weighted by Crippen LogP contribution is 2.19. The Bertz CT molecular complexity index is 479. The van der Waals surface area contributed by atoms with E-state index in [1.807, 2.05) is 0 Å². The summed E-state index contributed by atoms with van der Waals surface area (Å²) in [6.45, 7) is 2.65. The van der Waals surface area contributed by atoms with Crippen molar-refractivity contribution in [2.75, 3.05) is 11.9 Å². The monoisotopic (exact) mass is 247 g/mol. The van der Waals surface area contributed by atoms with Crippen molar-refractivity contribution in [3.05, 3.63) is 29.3 Å². The second kappa shape index (κ2) is 5.18. The first-order valence-corrected chi connectivity index (χ1v) is 6.03. The fraction of sp³-hybridized carbons (Fsp3) is 0.385. The summed E-state index contributed by atoms with van der Waals surface area (Å²) in [6.07, 6.45) is 1.86. The number of nitrogens with two attached hydrogens (primary N) is 1. The Morgan fingerprint density at radius 1 is 1.44 bits per heavy atom. The van der Waals surface area contributed by atoms with Crippen LogP contribution in [0.4, 0.5) is 5.69 Å². The van der Waals surface area contributed by atoms with Crippen LogP contribution in [0.5, 0.6) is 0 Å². The topological polar surface area (TPSA) is 84.2 Å². The van der Waals surface area contributed by atoms with Gasteiger partial charge in [-0.25, -0.2) is 0 Å². The molecule has 4 N–H and O–H groups in total. The zero-order chi connectivity index (χ0) is 13.1. The van der Waals surface area contributed by atoms with Crippen LogP contribution in [0.1, 0.15) is 28.8 Å². The molecular weight excluding hydrogens is 230 g/mol. The molecule has 2 amide bonds. The predicted octanol–water partition coefficient (Wildman–Crippen LogP) is 0.784. The molecule has 1 heterocycles. The third-order valence-corrected chi connectivity index (χ3v) is 3.23. The number of primary amides is 1. The van der Waals surface area contributed by atoms with Crippen molar-refractivity contribution in [3.63, 3.8) is 0 Å². The SMILES string of the molecule is Cc1c(NC(=O)[C@@H]2CCCN2)cccc1C(N)=O. The van der Waals surface area contributed by atoms with Crippen LogP contribution in [0.15, 0.2) is 18.2 Å². The number of carbonyl (C=O) groups is 2. The summed E-state index contributed by atoms with van der Waals surface area (Å²) < 4.78 is 0. The molecule has 18 heavy (non-hydrogen) atoms. The molecule has 1 aromatic rings. The van der Waals surface area contributed by atoms with Crippen molar-refractivity contribution in [3.8, 4) is 0 Å². The maximum atomic E-state index is 12.0. The molecule has 1 fully saturated rings. The van der Waals surface area contributed by atoms with Crippen LogP contribution in [0, 0.1) is 6.92 Å². The van der Waals surface area contributed by atoms with Crippen LogP contribution in [0.2, 0.25) is 0 Å². The van der Waals surface area contributed by atoms with Crippen LogP contribution in [0.25, 0.3) is 0 Å². The molecular formula is C13H17N3O2. The van der Waals surface area contributed by atoms with Gasteiger partial charge in [0, 0.05) is 11.3 Å². The van der Waals surface area contributed by atoms with E-state index in [1.54, 1.807) is 25.1 Å². The van der Waals surface area contributed by atoms with E-state index in [0.29, 0.717) is 16.8 Å². The number of rotatable bonds is 3. The molecule has 0 unspecified atom stereocenters. The van der Waals surface area contributed by atoms with E-state index in [9.17, 15) is 9.59 Å². The minimum absolute atomic E-state index is 0.0581. The first-order chi connectivity index (χ1) is 8.59. The van der Waals surface area contributed by atoms with Crippen LogP contribution in [0.3, 0.4) is 0 Å². The maximum absolute atomic E-state index is 12.0. The van der Waals surface area contributed by atoms with Gasteiger partial charge in [-0.05, 0) is 44.0 Å². The Labute approximate surface area is 106 Å². The van der Waals surface area contributed by atoms with Crippen LogP contribution < -0.4 is 16.4 Å². The van der Waals surface area contributed by atoms with Gasteiger partial charge < -0.3 is 16.4 Å². The summed E-state index contributed by atoms with van der Waals surface area (Å²) in [5, 5.41) is 5.97. The Hall–Kier alpha value is -1.88. The van der Waals surface area contributed by atoms with Gasteiger partial charge in [0.25, 0.3) is 0 Å². The first kappa shape index (κ1) is 12.6. The number of anilines is 1. The van der Waals surface area contributed by atoms with Crippen molar-refractivity contribution < 1.29 is 9.59 Å². The Morgan fingerprint density at radius 2 is 2.22 bits per heavy atom. The van der Waals surface area contributed by atoms with Crippen molar-refractivity contribution in [1.82, 2.24) is 5.32 Å². The minimum atomic E-state index is -0.484. The zero-order valence-electron chi connectivity index (χ0n) is 10.3. The van der Waals surface area contributed by atoms with E-state index in [1.165, 1.54) is 0 Å². The molecule has 0 aliphatic carbocycles. The molecule has 0 saturated carbocycles. The van der Waals surface area contributed by atoms with Crippen molar-refractivity contribution in [2.24, 2.45) is 5.73 Å². The quantitative estimate of drug-likeness (QED) is 0.738. The molecule has 1 aliphatic heterocycles. The Kier molecular flexibility index (Phi) is 3.62. The van der Waals surface area contributed by atoms with Gasteiger partial charge in [-0.15, -0.1) is 0 Å². The zero-order valence-corrected chi connectivity index (χ0v) is 10.3. The highest BCUT2D eigenvalue weighted by atomic mass is 16.2. The van der Waals surface area contributed by atoms with Crippen molar-refractivity contribution >= 4 is 17.5 Å². The molecule has 5 heteroatoms. The van der Waals surface area contributed by atoms with Gasteiger partial charge in [0.2, 0.25) is 11.8 Å². The molecule has 1 aliphatic rings. The van der Waals surface area contributed by atoms with Crippen LogP contribution in [-0.4, -0.2) is 24.4 Å². The number of amides is 2. The molecule has 2 rings (SSSR count). The number of nitrogens with one attached hydrogen (secondary N) is 2. The Morgan fingerprint density at radius 3 is 2.83 bits per heavy atom. The summed E-state index contributed by atoms with van der Waals surface area (Å²) in [5.74, 6) is -0.542. The van der Waals surface area contributed by atoms with E-state index in [0.717, 1.165) is 19.4 Å². The normalized spacial score (nSPS) is 18.6. The lowest BCUT2D eigenvalue weighted by molar-refractivity contribution is -0.117. The highest BCUT2D eigenvalue weighted by molar-refractivity contribution is 5.99. The molecule has 1 saturated heterocycles. The average Bonchev–Trinajstić information content (AvgIpc) is 2.85. The maximum Gasteiger partial charge on any atom is 0.249 e. The molecule has 1 aromatic carbocycles. The fourth-order valence-electron chi connectivity index (χ4n) is 2.17. The molecule has 96 valence electrons. The van der Waals surface area contributed by atoms with E-state index in [2.05, 4.69) is 10.6 Å². The van der Waals surface area contributed by atoms with Gasteiger partial charge >= 0.3 is 0 Å². The van der Waals surface area contributed by atoms with Crippen molar-refractivity contribution in [1.29, 1.82) is 0 Å². The van der Waals surface area contributed by atoms with E-state index >= 15 is 0 Å². The number of hydrogen-bond donors (Lipinski definition) is 3. The number of hydrogen-bond acceptors (Lipinski definition) is 3. The predicted molar refractivity (Wildman–Crippen MR) is 69.4 cm³/mol. The lowest BCUT2D eigenvalue weighted by Crippen LogP contribution is -2.35. The molecule has 5 nitrogen and oxygen atoms in total. The van der Waals surface area contributed by atoms with Crippen LogP contribution in [-0.2, 0) is 4.79 Å². The van der Waals surface area contributed by atoms with Gasteiger partial charge in [0.15, 0.2) is 0 Å². The van der Waals surface area contributed by atoms with Gasteiger partial charge in [-0.3, -0.25) is 9.59 Å². The molecule has 0 aromatic heterocycles. The smallest absolute Gasteiger partial charge is 0.249 e. The Balaban J connectivity index is 2.16. The van der Waals surface area contributed by atoms with E-state index in [4.69, 9.17) is 5.73 Å². The number of carbonyl (C=O) groups excluding carboxylic acids is 2. The largest absolute Gasteiger partial charge is 0.366 e. The third-order valence-electron chi connectivity index (χ3n) is 3.23. The summed E-state index contributed by atoms with van der Waals surface area (Å²) in [4.78, 5) is 23.2. The first-order valence-electron chi connectivity index (χ1n) is 6.03. The van der Waals surface area contributed by atoms with Gasteiger partial charge in [-0.2, -0.15) is 0 Å². The molecule has 0 radical (unpaired) electrons. The van der Waals surface area contributed by atoms with Crippen LogP contribution >= 0.6 is 0 Å². The lowest BCUT2D eigenvalue weighted by atomic mass is 10.1. The second-order valence-electron chi connectivity index (χ2n) is 4.48.